The minimum Gasteiger partial charge on any atom is -0.455 e. The first-order chi connectivity index (χ1) is 26.8. The van der Waals surface area contributed by atoms with E-state index < -0.39 is 149 Å². The van der Waals surface area contributed by atoms with E-state index in [4.69, 9.17) is 52.1 Å². The zero-order chi connectivity index (χ0) is 42.1. The summed E-state index contributed by atoms with van der Waals surface area (Å²) in [6, 6.07) is 6.77. The average Bonchev–Trinajstić information content (AvgIpc) is 3.41. The van der Waals surface area contributed by atoms with Gasteiger partial charge in [0.15, 0.2) is 6.10 Å². The molecule has 0 amide bonds. The molecule has 0 spiro atoms. The standard InChI is InChI=1S/C35H41NO20Se/c1-15(37)46-13-23-27(48-17(3)39)29(49-18(4)40)32(52-21(7)43)35(54-23)56-28-24(14-47-16(2)38)53-34(31(51-20(6)42)30(28)50-19(5)41)55-26(44)12-36-33(45)22-10-8-9-11-25(22)57-36/h8-11,23-24,27-32,34-35H,12-14H2,1-7H3/t23-,24-,27+,28-,29+,30+,31-,32-,34+,35+/m1/s1. The monoisotopic (exact) mass is 875 g/mol. The molecule has 10 atom stereocenters. The van der Waals surface area contributed by atoms with E-state index in [1.165, 1.54) is 3.56 Å². The molecular weight excluding hydrogens is 833 g/mol. The van der Waals surface area contributed by atoms with Gasteiger partial charge in [-0.2, -0.15) is 0 Å². The molecule has 0 bridgehead atoms. The molecular formula is C35H41NO20Se. The number of nitrogens with zero attached hydrogens (tertiary/aromatic N) is 1. The Bertz CT molecular complexity index is 1910. The van der Waals surface area contributed by atoms with Gasteiger partial charge in [0.2, 0.25) is 0 Å². The first-order valence-corrected chi connectivity index (χ1v) is 18.8. The van der Waals surface area contributed by atoms with Crippen molar-refractivity contribution in [3.63, 3.8) is 0 Å². The molecule has 0 saturated carbocycles. The van der Waals surface area contributed by atoms with Gasteiger partial charge in [-0.25, -0.2) is 0 Å². The Labute approximate surface area is 329 Å². The maximum absolute atomic E-state index is 13.4. The van der Waals surface area contributed by atoms with Crippen LogP contribution in [-0.2, 0) is 97.0 Å². The number of carbonyl (C=O) groups is 8. The molecule has 2 saturated heterocycles. The van der Waals surface area contributed by atoms with E-state index in [0.717, 1.165) is 52.7 Å². The Kier molecular flexibility index (Phi) is 15.5. The van der Waals surface area contributed by atoms with Crippen LogP contribution in [0.15, 0.2) is 29.1 Å². The third-order valence-electron chi connectivity index (χ3n) is 7.96. The SMILES string of the molecule is CC(=O)OC[C@H]1O[C@@H](O[C@H]2[C@H](OC(C)=O)[C@@H](OC(C)=O)[C@H](OC(=O)Cn3[se]c4ccccc4c3=O)O[C@@H]2COC(C)=O)[C@H](OC(C)=O)[C@@H](OC(C)=O)[C@H]1OC(C)=O. The van der Waals surface area contributed by atoms with E-state index >= 15 is 0 Å². The van der Waals surface area contributed by atoms with Gasteiger partial charge >= 0.3 is 257 Å². The van der Waals surface area contributed by atoms with Gasteiger partial charge in [0, 0.05) is 27.7 Å². The van der Waals surface area contributed by atoms with Crippen LogP contribution >= 0.6 is 0 Å². The van der Waals surface area contributed by atoms with Crippen LogP contribution in [0.25, 0.3) is 9.65 Å². The van der Waals surface area contributed by atoms with Crippen LogP contribution in [-0.4, -0.2) is 141 Å². The van der Waals surface area contributed by atoms with Gasteiger partial charge < -0.3 is 14.2 Å². The van der Waals surface area contributed by atoms with Crippen LogP contribution in [0, 0.1) is 0 Å². The molecule has 0 N–H and O–H groups in total. The Morgan fingerprint density at radius 3 is 1.51 bits per heavy atom. The van der Waals surface area contributed by atoms with Crippen molar-refractivity contribution < 1.29 is 90.5 Å². The van der Waals surface area contributed by atoms with Crippen molar-refractivity contribution in [3.05, 3.63) is 34.6 Å². The normalized spacial score (nSPS) is 26.9. The molecule has 0 unspecified atom stereocenters. The second-order valence-electron chi connectivity index (χ2n) is 12.6. The molecule has 4 rings (SSSR count). The number of fused-ring (bicyclic) bond motifs is 1. The molecule has 3 heterocycles. The molecule has 2 aliphatic rings. The van der Waals surface area contributed by atoms with Crippen molar-refractivity contribution in [2.45, 2.75) is 116 Å². The predicted octanol–water partition coefficient (Wildman–Crippen LogP) is -0.779. The van der Waals surface area contributed by atoms with Gasteiger partial charge in [-0.1, -0.05) is 0 Å². The van der Waals surface area contributed by atoms with Gasteiger partial charge in [0.05, 0.1) is 0 Å². The molecule has 2 aromatic rings. The van der Waals surface area contributed by atoms with E-state index in [2.05, 4.69) is 0 Å². The van der Waals surface area contributed by atoms with Gasteiger partial charge in [-0.15, -0.1) is 0 Å². The first kappa shape index (κ1) is 44.6. The Morgan fingerprint density at radius 1 is 0.561 bits per heavy atom. The summed E-state index contributed by atoms with van der Waals surface area (Å²) < 4.78 is 63.6. The van der Waals surface area contributed by atoms with Crippen LogP contribution in [0.1, 0.15) is 48.5 Å². The number of rotatable bonds is 14. The Hall–Kier alpha value is -5.15. The van der Waals surface area contributed by atoms with E-state index in [9.17, 15) is 43.2 Å². The minimum absolute atomic E-state index is 0.413. The van der Waals surface area contributed by atoms with Gasteiger partial charge in [0.25, 0.3) is 0 Å². The summed E-state index contributed by atoms with van der Waals surface area (Å²) in [5, 5.41) is 0.413. The average molecular weight is 875 g/mol. The van der Waals surface area contributed by atoms with Crippen molar-refractivity contribution in [1.82, 2.24) is 3.56 Å². The van der Waals surface area contributed by atoms with E-state index in [0.29, 0.717) is 5.39 Å². The van der Waals surface area contributed by atoms with Crippen molar-refractivity contribution in [2.75, 3.05) is 13.2 Å². The number of ether oxygens (including phenoxy) is 11. The van der Waals surface area contributed by atoms with E-state index in [1.54, 1.807) is 24.3 Å². The number of esters is 8. The van der Waals surface area contributed by atoms with Crippen LogP contribution in [0.3, 0.4) is 0 Å². The van der Waals surface area contributed by atoms with Crippen molar-refractivity contribution in [1.29, 1.82) is 0 Å². The number of benzene rings is 1. The zero-order valence-electron chi connectivity index (χ0n) is 31.7. The quantitative estimate of drug-likeness (QED) is 0.128. The number of hydrogen-bond acceptors (Lipinski definition) is 20. The molecule has 21 nitrogen and oxygen atoms in total. The van der Waals surface area contributed by atoms with Gasteiger partial charge in [-0.3, -0.25) is 19.2 Å². The summed E-state index contributed by atoms with van der Waals surface area (Å²) in [5.41, 5.74) is -0.424. The first-order valence-electron chi connectivity index (χ1n) is 17.2. The topological polar surface area (TPSA) is 260 Å². The molecule has 57 heavy (non-hydrogen) atoms. The summed E-state index contributed by atoms with van der Waals surface area (Å²) in [6.45, 7) is 5.29. The van der Waals surface area contributed by atoms with Crippen LogP contribution in [0.4, 0.5) is 0 Å². The fourth-order valence-electron chi connectivity index (χ4n) is 5.97. The fourth-order valence-corrected chi connectivity index (χ4v) is 8.03. The fraction of sp³-hybridized carbons (Fsp3) is 0.571. The summed E-state index contributed by atoms with van der Waals surface area (Å²) in [5.74, 6) is -7.37. The van der Waals surface area contributed by atoms with E-state index in [1.807, 2.05) is 0 Å². The summed E-state index contributed by atoms with van der Waals surface area (Å²) in [6.07, 6.45) is -17.2. The Morgan fingerprint density at radius 2 is 1.00 bits per heavy atom. The molecule has 0 aliphatic carbocycles. The molecule has 312 valence electrons. The molecule has 1 aromatic heterocycles. The second-order valence-corrected chi connectivity index (χ2v) is 14.8. The predicted molar refractivity (Wildman–Crippen MR) is 184 cm³/mol. The van der Waals surface area contributed by atoms with Crippen LogP contribution in [0.5, 0.6) is 0 Å². The van der Waals surface area contributed by atoms with Gasteiger partial charge in [0.1, 0.15) is 6.61 Å². The number of aromatic nitrogens is 1. The summed E-state index contributed by atoms with van der Waals surface area (Å²) in [4.78, 5) is 112. The minimum atomic E-state index is -1.89. The molecule has 0 radical (unpaired) electrons. The number of carbonyl (C=O) groups excluding carboxylic acids is 8. The van der Waals surface area contributed by atoms with Crippen LogP contribution < -0.4 is 5.56 Å². The third-order valence-corrected chi connectivity index (χ3v) is 10.2. The maximum atomic E-state index is 13.4. The van der Waals surface area contributed by atoms with Crippen molar-refractivity contribution in [2.24, 2.45) is 0 Å². The molecule has 22 heteroatoms. The summed E-state index contributed by atoms with van der Waals surface area (Å²) in [7, 11) is 0. The van der Waals surface area contributed by atoms with Gasteiger partial charge in [-0.05, 0) is 0 Å². The smallest absolute Gasteiger partial charge is 0.455 e. The number of hydrogen-bond donors (Lipinski definition) is 0. The molecule has 1 aromatic carbocycles. The Balaban J connectivity index is 1.78. The zero-order valence-corrected chi connectivity index (χ0v) is 33.4. The second kappa shape index (κ2) is 19.8. The third kappa shape index (κ3) is 12.2. The summed E-state index contributed by atoms with van der Waals surface area (Å²) >= 11 is -0.587. The van der Waals surface area contributed by atoms with Crippen molar-refractivity contribution in [3.8, 4) is 0 Å². The molecule has 2 aliphatic heterocycles. The molecule has 2 fully saturated rings. The van der Waals surface area contributed by atoms with E-state index in [-0.39, 0.29) is 0 Å². The van der Waals surface area contributed by atoms with Crippen molar-refractivity contribution >= 4 is 72.1 Å². The van der Waals surface area contributed by atoms with Crippen LogP contribution in [0.2, 0.25) is 0 Å².